The molecular formula is C9H8Cl2N2O2. The van der Waals surface area contributed by atoms with E-state index in [1.54, 1.807) is 0 Å². The Labute approximate surface area is 96.8 Å². The third-order valence-electron chi connectivity index (χ3n) is 2.06. The maximum atomic E-state index is 11.0. The summed E-state index contributed by atoms with van der Waals surface area (Å²) in [6.07, 6.45) is -0.663. The van der Waals surface area contributed by atoms with E-state index in [4.69, 9.17) is 28.1 Å². The number of ether oxygens (including phenoxy) is 1. The molecule has 1 unspecified atom stereocenters. The maximum Gasteiger partial charge on any atom is 0.439 e. The number of halogens is 2. The molecule has 4 nitrogen and oxygen atoms in total. The summed E-state index contributed by atoms with van der Waals surface area (Å²) in [7, 11) is 0. The first kappa shape index (κ1) is 10.5. The fraction of sp³-hybridized carbons (Fsp3) is 0.222. The SMILES string of the molecule is O=C1OCC(Cl)(c2ccccc2)NN1Cl. The van der Waals surface area contributed by atoms with Gasteiger partial charge in [0.15, 0.2) is 5.00 Å². The standard InChI is InChI=1S/C9H8Cl2N2O2/c10-9(7-4-2-1-3-5-7)6-15-8(14)13(11)12-9/h1-5,12H,6H2. The molecule has 1 atom stereocenters. The Morgan fingerprint density at radius 1 is 1.40 bits per heavy atom. The molecule has 2 rings (SSSR count). The molecule has 1 aromatic rings. The van der Waals surface area contributed by atoms with E-state index in [-0.39, 0.29) is 6.61 Å². The van der Waals surface area contributed by atoms with Gasteiger partial charge in [-0.3, -0.25) is 0 Å². The number of carbonyl (C=O) groups excluding carboxylic acids is 1. The highest BCUT2D eigenvalue weighted by Gasteiger charge is 2.39. The summed E-state index contributed by atoms with van der Waals surface area (Å²) in [4.78, 5) is 9.96. The van der Waals surface area contributed by atoms with Crippen LogP contribution < -0.4 is 5.43 Å². The van der Waals surface area contributed by atoms with Crippen molar-refractivity contribution in [3.63, 3.8) is 0 Å². The van der Waals surface area contributed by atoms with Crippen molar-refractivity contribution in [2.45, 2.75) is 5.00 Å². The van der Waals surface area contributed by atoms with E-state index < -0.39 is 11.1 Å². The quantitative estimate of drug-likeness (QED) is 0.470. The van der Waals surface area contributed by atoms with Gasteiger partial charge in [0.05, 0.1) is 0 Å². The van der Waals surface area contributed by atoms with Crippen LogP contribution >= 0.6 is 23.4 Å². The summed E-state index contributed by atoms with van der Waals surface area (Å²) in [5.74, 6) is 0. The minimum Gasteiger partial charge on any atom is -0.444 e. The monoisotopic (exact) mass is 246 g/mol. The normalized spacial score (nSPS) is 26.3. The van der Waals surface area contributed by atoms with Gasteiger partial charge in [0.25, 0.3) is 0 Å². The number of amides is 1. The summed E-state index contributed by atoms with van der Waals surface area (Å²) in [5.41, 5.74) is 3.43. The van der Waals surface area contributed by atoms with Crippen LogP contribution in [0.1, 0.15) is 5.56 Å². The Kier molecular flexibility index (Phi) is 2.73. The fourth-order valence-electron chi connectivity index (χ4n) is 1.30. The van der Waals surface area contributed by atoms with Crippen LogP contribution in [-0.4, -0.2) is 17.2 Å². The van der Waals surface area contributed by atoms with Crippen LogP contribution in [0.15, 0.2) is 30.3 Å². The third kappa shape index (κ3) is 2.02. The van der Waals surface area contributed by atoms with E-state index in [9.17, 15) is 4.79 Å². The zero-order chi connectivity index (χ0) is 10.9. The lowest BCUT2D eigenvalue weighted by Gasteiger charge is -2.35. The van der Waals surface area contributed by atoms with Crippen LogP contribution in [0, 0.1) is 0 Å². The molecule has 0 saturated carbocycles. The average Bonchev–Trinajstić information content (AvgIpc) is 2.26. The summed E-state index contributed by atoms with van der Waals surface area (Å²) in [5, 5.41) is 0. The first-order valence-electron chi connectivity index (χ1n) is 4.27. The lowest BCUT2D eigenvalue weighted by molar-refractivity contribution is 0.0457. The molecule has 15 heavy (non-hydrogen) atoms. The molecule has 1 N–H and O–H groups in total. The third-order valence-corrected chi connectivity index (χ3v) is 2.70. The van der Waals surface area contributed by atoms with E-state index in [1.807, 2.05) is 30.3 Å². The highest BCUT2D eigenvalue weighted by atomic mass is 35.5. The van der Waals surface area contributed by atoms with Gasteiger partial charge in [-0.1, -0.05) is 41.9 Å². The molecule has 1 aromatic carbocycles. The Morgan fingerprint density at radius 3 is 2.67 bits per heavy atom. The Morgan fingerprint density at radius 2 is 2.07 bits per heavy atom. The maximum absolute atomic E-state index is 11.0. The van der Waals surface area contributed by atoms with Gasteiger partial charge >= 0.3 is 6.09 Å². The lowest BCUT2D eigenvalue weighted by Crippen LogP contribution is -2.55. The van der Waals surface area contributed by atoms with Crippen LogP contribution in [0.25, 0.3) is 0 Å². The van der Waals surface area contributed by atoms with E-state index >= 15 is 0 Å². The van der Waals surface area contributed by atoms with Crippen LogP contribution in [0.5, 0.6) is 0 Å². The first-order chi connectivity index (χ1) is 7.12. The second-order valence-electron chi connectivity index (χ2n) is 3.11. The molecular weight excluding hydrogens is 239 g/mol. The first-order valence-corrected chi connectivity index (χ1v) is 4.98. The van der Waals surface area contributed by atoms with Gasteiger partial charge < -0.3 is 4.74 Å². The Bertz CT molecular complexity index is 374. The molecule has 1 aliphatic heterocycles. The largest absolute Gasteiger partial charge is 0.444 e. The minimum absolute atomic E-state index is 0.0284. The van der Waals surface area contributed by atoms with Crippen molar-refractivity contribution in [1.82, 2.24) is 9.95 Å². The number of hydrazine groups is 1. The fourth-order valence-corrected chi connectivity index (χ4v) is 1.80. The van der Waals surface area contributed by atoms with Crippen molar-refractivity contribution in [2.75, 3.05) is 6.61 Å². The molecule has 80 valence electrons. The topological polar surface area (TPSA) is 41.6 Å². The van der Waals surface area contributed by atoms with Gasteiger partial charge in [-0.2, -0.15) is 5.43 Å². The molecule has 1 heterocycles. The number of alkyl halides is 1. The van der Waals surface area contributed by atoms with E-state index in [2.05, 4.69) is 5.43 Å². The van der Waals surface area contributed by atoms with Crippen LogP contribution in [0.4, 0.5) is 4.79 Å². The summed E-state index contributed by atoms with van der Waals surface area (Å²) >= 11 is 11.8. The van der Waals surface area contributed by atoms with E-state index in [0.717, 1.165) is 5.56 Å². The van der Waals surface area contributed by atoms with Gasteiger partial charge in [0.2, 0.25) is 0 Å². The second-order valence-corrected chi connectivity index (χ2v) is 4.10. The second kappa shape index (κ2) is 3.89. The molecule has 1 aliphatic rings. The predicted octanol–water partition coefficient (Wildman–Crippen LogP) is 2.19. The van der Waals surface area contributed by atoms with Gasteiger partial charge in [-0.15, -0.1) is 4.53 Å². The Balaban J connectivity index is 2.25. The van der Waals surface area contributed by atoms with Crippen LogP contribution in [0.3, 0.4) is 0 Å². The molecule has 1 fully saturated rings. The number of nitrogens with zero attached hydrogens (tertiary/aromatic N) is 1. The number of carbonyl (C=O) groups is 1. The highest BCUT2D eigenvalue weighted by Crippen LogP contribution is 2.30. The van der Waals surface area contributed by atoms with Crippen LogP contribution in [-0.2, 0) is 9.73 Å². The van der Waals surface area contributed by atoms with E-state index in [0.29, 0.717) is 4.53 Å². The lowest BCUT2D eigenvalue weighted by atomic mass is 10.1. The Hall–Kier alpha value is -0.970. The number of hydrogen-bond donors (Lipinski definition) is 1. The number of rotatable bonds is 1. The summed E-state index contributed by atoms with van der Waals surface area (Å²) < 4.78 is 5.53. The molecule has 0 bridgehead atoms. The number of cyclic esters (lactones) is 1. The predicted molar refractivity (Wildman–Crippen MR) is 56.1 cm³/mol. The summed E-state index contributed by atoms with van der Waals surface area (Å²) in [6, 6.07) is 9.21. The van der Waals surface area contributed by atoms with Crippen molar-refractivity contribution >= 4 is 29.5 Å². The molecule has 1 amide bonds. The van der Waals surface area contributed by atoms with E-state index in [1.165, 1.54) is 0 Å². The minimum atomic E-state index is -1.00. The molecule has 0 radical (unpaired) electrons. The molecule has 0 spiro atoms. The average molecular weight is 247 g/mol. The van der Waals surface area contributed by atoms with Crippen LogP contribution in [0.2, 0.25) is 0 Å². The van der Waals surface area contributed by atoms with Crippen molar-refractivity contribution < 1.29 is 9.53 Å². The van der Waals surface area contributed by atoms with Gasteiger partial charge in [0.1, 0.15) is 6.61 Å². The highest BCUT2D eigenvalue weighted by molar-refractivity contribution is 6.25. The van der Waals surface area contributed by atoms with Crippen molar-refractivity contribution in [1.29, 1.82) is 0 Å². The summed E-state index contributed by atoms with van der Waals surface area (Å²) in [6.45, 7) is 0.0284. The van der Waals surface area contributed by atoms with Crippen molar-refractivity contribution in [3.8, 4) is 0 Å². The van der Waals surface area contributed by atoms with Crippen molar-refractivity contribution in [3.05, 3.63) is 35.9 Å². The smallest absolute Gasteiger partial charge is 0.439 e. The molecule has 6 heteroatoms. The number of hydrogen-bond acceptors (Lipinski definition) is 3. The zero-order valence-corrected chi connectivity index (χ0v) is 9.13. The number of nitrogens with one attached hydrogen (secondary N) is 1. The van der Waals surface area contributed by atoms with Crippen molar-refractivity contribution in [2.24, 2.45) is 0 Å². The molecule has 0 aliphatic carbocycles. The zero-order valence-electron chi connectivity index (χ0n) is 7.61. The number of benzene rings is 1. The molecule has 0 aromatic heterocycles. The molecule has 1 saturated heterocycles. The van der Waals surface area contributed by atoms with Gasteiger partial charge in [-0.05, 0) is 5.56 Å². The van der Waals surface area contributed by atoms with Gasteiger partial charge in [0, 0.05) is 11.8 Å². The van der Waals surface area contributed by atoms with Gasteiger partial charge in [-0.25, -0.2) is 4.79 Å².